The van der Waals surface area contributed by atoms with Crippen molar-refractivity contribution >= 4 is 28.2 Å². The molecule has 0 amide bonds. The molecule has 1 aromatic carbocycles. The predicted molar refractivity (Wildman–Crippen MR) is 61.9 cm³/mol. The molecule has 0 heterocycles. The number of rotatable bonds is 5. The second-order valence-electron chi connectivity index (χ2n) is 3.23. The maximum absolute atomic E-state index is 12.1. The Hall–Kier alpha value is -1.50. The third-order valence-electron chi connectivity index (χ3n) is 2.10. The number of aldehydes is 1. The lowest BCUT2D eigenvalue weighted by Gasteiger charge is -2.10. The number of methoxy groups -OCH3 is 1. The zero-order valence-corrected chi connectivity index (χ0v) is 10.9. The summed E-state index contributed by atoms with van der Waals surface area (Å²) >= 11 is 3.02. The standard InChI is InChI=1S/C11H9BrF2O4/c1-17-10(16)4-6-2-8(12)9(18-11(13)14)3-7(6)5-15/h2-3,5,11H,4H2,1H3. The number of halogens is 3. The van der Waals surface area contributed by atoms with Crippen molar-refractivity contribution in [2.24, 2.45) is 0 Å². The summed E-state index contributed by atoms with van der Waals surface area (Å²) in [5.41, 5.74) is 0.463. The molecule has 0 fully saturated rings. The normalized spacial score (nSPS) is 10.3. The van der Waals surface area contributed by atoms with E-state index in [1.54, 1.807) is 0 Å². The van der Waals surface area contributed by atoms with E-state index in [0.717, 1.165) is 6.07 Å². The molecule has 0 aliphatic carbocycles. The molecule has 4 nitrogen and oxygen atoms in total. The maximum Gasteiger partial charge on any atom is 0.387 e. The molecule has 1 aromatic rings. The molecule has 0 aromatic heterocycles. The van der Waals surface area contributed by atoms with E-state index < -0.39 is 12.6 Å². The SMILES string of the molecule is COC(=O)Cc1cc(Br)c(OC(F)F)cc1C=O. The van der Waals surface area contributed by atoms with Gasteiger partial charge in [0.05, 0.1) is 18.0 Å². The van der Waals surface area contributed by atoms with Gasteiger partial charge in [-0.2, -0.15) is 8.78 Å². The van der Waals surface area contributed by atoms with Gasteiger partial charge in [0.1, 0.15) is 12.0 Å². The third kappa shape index (κ3) is 3.76. The molecule has 7 heteroatoms. The van der Waals surface area contributed by atoms with Crippen LogP contribution < -0.4 is 4.74 Å². The van der Waals surface area contributed by atoms with E-state index in [2.05, 4.69) is 25.4 Å². The Bertz CT molecular complexity index is 463. The molecule has 0 N–H and O–H groups in total. The second kappa shape index (κ2) is 6.44. The number of carbonyl (C=O) groups excluding carboxylic acids is 2. The molecule has 18 heavy (non-hydrogen) atoms. The van der Waals surface area contributed by atoms with Gasteiger partial charge in [-0.3, -0.25) is 9.59 Å². The molecule has 0 aliphatic rings. The van der Waals surface area contributed by atoms with E-state index in [4.69, 9.17) is 0 Å². The molecule has 1 rings (SSSR count). The van der Waals surface area contributed by atoms with Crippen LogP contribution in [-0.2, 0) is 16.0 Å². The van der Waals surface area contributed by atoms with Crippen molar-refractivity contribution in [3.8, 4) is 5.75 Å². The zero-order valence-electron chi connectivity index (χ0n) is 9.28. The molecule has 0 radical (unpaired) electrons. The van der Waals surface area contributed by atoms with Crippen LogP contribution in [0, 0.1) is 0 Å². The smallest absolute Gasteiger partial charge is 0.387 e. The van der Waals surface area contributed by atoms with E-state index >= 15 is 0 Å². The monoisotopic (exact) mass is 322 g/mol. The number of hydrogen-bond donors (Lipinski definition) is 0. The average molecular weight is 323 g/mol. The van der Waals surface area contributed by atoms with Crippen molar-refractivity contribution in [3.63, 3.8) is 0 Å². The lowest BCUT2D eigenvalue weighted by atomic mass is 10.1. The van der Waals surface area contributed by atoms with Crippen molar-refractivity contribution in [1.82, 2.24) is 0 Å². The second-order valence-corrected chi connectivity index (χ2v) is 4.09. The number of ether oxygens (including phenoxy) is 2. The molecule has 0 aliphatic heterocycles. The van der Waals surface area contributed by atoms with Gasteiger partial charge in [-0.15, -0.1) is 0 Å². The van der Waals surface area contributed by atoms with Gasteiger partial charge < -0.3 is 9.47 Å². The Balaban J connectivity index is 3.10. The molecule has 98 valence electrons. The molecule has 0 saturated heterocycles. The number of carbonyl (C=O) groups is 2. The highest BCUT2D eigenvalue weighted by Crippen LogP contribution is 2.30. The molecule has 0 unspecified atom stereocenters. The summed E-state index contributed by atoms with van der Waals surface area (Å²) < 4.78 is 33.1. The van der Waals surface area contributed by atoms with Gasteiger partial charge in [-0.1, -0.05) is 0 Å². The van der Waals surface area contributed by atoms with Crippen LogP contribution in [0.15, 0.2) is 16.6 Å². The topological polar surface area (TPSA) is 52.6 Å². The third-order valence-corrected chi connectivity index (χ3v) is 2.72. The van der Waals surface area contributed by atoms with Gasteiger partial charge in [-0.05, 0) is 33.6 Å². The number of esters is 1. The first-order valence-corrected chi connectivity index (χ1v) is 5.56. The van der Waals surface area contributed by atoms with Crippen LogP contribution >= 0.6 is 15.9 Å². The Kier molecular flexibility index (Phi) is 5.21. The number of benzene rings is 1. The molecule has 0 spiro atoms. The Morgan fingerprint density at radius 3 is 2.67 bits per heavy atom. The summed E-state index contributed by atoms with van der Waals surface area (Å²) in [4.78, 5) is 22.0. The molecule has 0 atom stereocenters. The van der Waals surface area contributed by atoms with Crippen LogP contribution in [0.4, 0.5) is 8.78 Å². The van der Waals surface area contributed by atoms with Crippen molar-refractivity contribution in [3.05, 3.63) is 27.7 Å². The Morgan fingerprint density at radius 1 is 1.50 bits per heavy atom. The Morgan fingerprint density at radius 2 is 2.17 bits per heavy atom. The van der Waals surface area contributed by atoms with Crippen LogP contribution in [0.25, 0.3) is 0 Å². The fraction of sp³-hybridized carbons (Fsp3) is 0.273. The molecule has 0 saturated carbocycles. The molecule has 0 bridgehead atoms. The van der Waals surface area contributed by atoms with Crippen LogP contribution in [0.2, 0.25) is 0 Å². The van der Waals surface area contributed by atoms with Crippen LogP contribution in [-0.4, -0.2) is 26.0 Å². The summed E-state index contributed by atoms with van der Waals surface area (Å²) in [7, 11) is 1.21. The van der Waals surface area contributed by atoms with Gasteiger partial charge in [0.2, 0.25) is 0 Å². The summed E-state index contributed by atoms with van der Waals surface area (Å²) in [6.07, 6.45) is 0.334. The van der Waals surface area contributed by atoms with Crippen molar-refractivity contribution in [2.45, 2.75) is 13.0 Å². The van der Waals surface area contributed by atoms with Crippen molar-refractivity contribution in [2.75, 3.05) is 7.11 Å². The zero-order chi connectivity index (χ0) is 13.7. The van der Waals surface area contributed by atoms with Gasteiger partial charge in [0.25, 0.3) is 0 Å². The van der Waals surface area contributed by atoms with Gasteiger partial charge in [0.15, 0.2) is 0 Å². The van der Waals surface area contributed by atoms with Crippen LogP contribution in [0.1, 0.15) is 15.9 Å². The van der Waals surface area contributed by atoms with Gasteiger partial charge in [-0.25, -0.2) is 0 Å². The maximum atomic E-state index is 12.1. The van der Waals surface area contributed by atoms with E-state index in [1.807, 2.05) is 0 Å². The van der Waals surface area contributed by atoms with Crippen LogP contribution in [0.3, 0.4) is 0 Å². The first kappa shape index (κ1) is 14.6. The van der Waals surface area contributed by atoms with E-state index in [1.165, 1.54) is 13.2 Å². The van der Waals surface area contributed by atoms with Crippen molar-refractivity contribution in [1.29, 1.82) is 0 Å². The first-order chi connectivity index (χ1) is 8.47. The molecular formula is C11H9BrF2O4. The van der Waals surface area contributed by atoms with E-state index in [0.29, 0.717) is 11.8 Å². The fourth-order valence-electron chi connectivity index (χ4n) is 1.29. The lowest BCUT2D eigenvalue weighted by molar-refractivity contribution is -0.139. The summed E-state index contributed by atoms with van der Waals surface area (Å²) in [6, 6.07) is 2.51. The summed E-state index contributed by atoms with van der Waals surface area (Å²) in [5.74, 6) is -0.701. The lowest BCUT2D eigenvalue weighted by Crippen LogP contribution is -2.08. The quantitative estimate of drug-likeness (QED) is 0.617. The highest BCUT2D eigenvalue weighted by molar-refractivity contribution is 9.10. The van der Waals surface area contributed by atoms with Gasteiger partial charge in [0, 0.05) is 5.56 Å². The largest absolute Gasteiger partial charge is 0.469 e. The summed E-state index contributed by atoms with van der Waals surface area (Å²) in [5, 5.41) is 0. The predicted octanol–water partition coefficient (Wildman–Crippen LogP) is 2.58. The number of hydrogen-bond acceptors (Lipinski definition) is 4. The minimum absolute atomic E-state index is 0.0965. The van der Waals surface area contributed by atoms with Crippen molar-refractivity contribution < 1.29 is 27.8 Å². The van der Waals surface area contributed by atoms with E-state index in [-0.39, 0.29) is 22.2 Å². The van der Waals surface area contributed by atoms with Crippen LogP contribution in [0.5, 0.6) is 5.75 Å². The summed E-state index contributed by atoms with van der Waals surface area (Å²) in [6.45, 7) is -2.99. The fourth-order valence-corrected chi connectivity index (χ4v) is 1.77. The average Bonchev–Trinajstić information content (AvgIpc) is 2.31. The molecular weight excluding hydrogens is 314 g/mol. The first-order valence-electron chi connectivity index (χ1n) is 4.77. The minimum Gasteiger partial charge on any atom is -0.469 e. The Labute approximate surface area is 110 Å². The van der Waals surface area contributed by atoms with E-state index in [9.17, 15) is 18.4 Å². The number of alkyl halides is 2. The highest BCUT2D eigenvalue weighted by atomic mass is 79.9. The minimum atomic E-state index is -2.99. The van der Waals surface area contributed by atoms with Gasteiger partial charge >= 0.3 is 12.6 Å². The highest BCUT2D eigenvalue weighted by Gasteiger charge is 2.15.